The molecule has 7 heteroatoms. The first-order chi connectivity index (χ1) is 12.2. The molecule has 7 nitrogen and oxygen atoms in total. The average Bonchev–Trinajstić information content (AvgIpc) is 3.13. The van der Waals surface area contributed by atoms with Gasteiger partial charge in [-0.1, -0.05) is 12.1 Å². The van der Waals surface area contributed by atoms with Crippen LogP contribution in [0.25, 0.3) is 0 Å². The monoisotopic (exact) mass is 340 g/mol. The number of hydrogen-bond donors (Lipinski definition) is 1. The molecule has 0 unspecified atom stereocenters. The lowest BCUT2D eigenvalue weighted by atomic mass is 10.1. The van der Waals surface area contributed by atoms with E-state index in [0.717, 1.165) is 0 Å². The molecular formula is C18H16N2O5. The summed E-state index contributed by atoms with van der Waals surface area (Å²) in [5, 5.41) is 2.56. The fourth-order valence-corrected chi connectivity index (χ4v) is 2.91. The van der Waals surface area contributed by atoms with Crippen LogP contribution in [-0.4, -0.2) is 38.3 Å². The van der Waals surface area contributed by atoms with E-state index < -0.39 is 6.10 Å². The lowest BCUT2D eigenvalue weighted by molar-refractivity contribution is -0.127. The highest BCUT2D eigenvalue weighted by molar-refractivity contribution is 6.08. The molecule has 1 atom stereocenters. The number of amides is 2. The van der Waals surface area contributed by atoms with E-state index in [1.165, 1.54) is 7.05 Å². The Hall–Kier alpha value is -3.22. The Morgan fingerprint density at radius 3 is 2.72 bits per heavy atom. The Morgan fingerprint density at radius 1 is 1.08 bits per heavy atom. The van der Waals surface area contributed by atoms with Crippen LogP contribution in [0.2, 0.25) is 0 Å². The Balaban J connectivity index is 1.70. The van der Waals surface area contributed by atoms with Crippen LogP contribution in [0.15, 0.2) is 42.5 Å². The molecule has 2 heterocycles. The van der Waals surface area contributed by atoms with Crippen LogP contribution in [0.1, 0.15) is 10.4 Å². The van der Waals surface area contributed by atoms with Crippen LogP contribution in [0, 0.1) is 0 Å². The molecule has 0 bridgehead atoms. The Bertz CT molecular complexity index is 851. The van der Waals surface area contributed by atoms with Gasteiger partial charge in [-0.2, -0.15) is 0 Å². The average molecular weight is 340 g/mol. The van der Waals surface area contributed by atoms with Gasteiger partial charge in [0.2, 0.25) is 6.79 Å². The van der Waals surface area contributed by atoms with Gasteiger partial charge in [-0.3, -0.25) is 9.59 Å². The van der Waals surface area contributed by atoms with Gasteiger partial charge >= 0.3 is 0 Å². The zero-order valence-electron chi connectivity index (χ0n) is 13.5. The summed E-state index contributed by atoms with van der Waals surface area (Å²) in [5.41, 5.74) is 1.09. The van der Waals surface area contributed by atoms with Crippen molar-refractivity contribution in [2.24, 2.45) is 0 Å². The predicted molar refractivity (Wildman–Crippen MR) is 89.2 cm³/mol. The van der Waals surface area contributed by atoms with Crippen LogP contribution >= 0.6 is 0 Å². The largest absolute Gasteiger partial charge is 0.477 e. The summed E-state index contributed by atoms with van der Waals surface area (Å²) in [7, 11) is 1.54. The topological polar surface area (TPSA) is 77.1 Å². The maximum absolute atomic E-state index is 13.1. The first-order valence-electron chi connectivity index (χ1n) is 7.86. The number of rotatable bonds is 2. The van der Waals surface area contributed by atoms with Gasteiger partial charge in [0.1, 0.15) is 5.75 Å². The van der Waals surface area contributed by atoms with E-state index in [1.54, 1.807) is 41.3 Å². The van der Waals surface area contributed by atoms with Crippen molar-refractivity contribution in [2.45, 2.75) is 6.10 Å². The zero-order chi connectivity index (χ0) is 17.4. The smallest absolute Gasteiger partial charge is 0.262 e. The molecule has 2 aromatic rings. The number of hydrogen-bond acceptors (Lipinski definition) is 5. The van der Waals surface area contributed by atoms with Crippen molar-refractivity contribution in [1.82, 2.24) is 5.32 Å². The molecule has 0 fully saturated rings. The second-order valence-corrected chi connectivity index (χ2v) is 5.67. The van der Waals surface area contributed by atoms with Crippen LogP contribution in [0.3, 0.4) is 0 Å². The van der Waals surface area contributed by atoms with Crippen LogP contribution in [-0.2, 0) is 4.79 Å². The molecule has 0 aromatic heterocycles. The van der Waals surface area contributed by atoms with Crippen molar-refractivity contribution >= 4 is 17.5 Å². The molecule has 128 valence electrons. The van der Waals surface area contributed by atoms with Crippen molar-refractivity contribution in [1.29, 1.82) is 0 Å². The number of ether oxygens (including phenoxy) is 3. The minimum Gasteiger partial charge on any atom is -0.477 e. The number of nitrogens with one attached hydrogen (secondary N) is 1. The van der Waals surface area contributed by atoms with Gasteiger partial charge in [0.05, 0.1) is 12.2 Å². The summed E-state index contributed by atoms with van der Waals surface area (Å²) in [5.74, 6) is 1.13. The fourth-order valence-electron chi connectivity index (χ4n) is 2.91. The number of anilines is 1. The molecule has 0 spiro atoms. The first-order valence-corrected chi connectivity index (χ1v) is 7.86. The van der Waals surface area contributed by atoms with Crippen LogP contribution in [0.5, 0.6) is 17.2 Å². The van der Waals surface area contributed by atoms with E-state index in [4.69, 9.17) is 14.2 Å². The summed E-state index contributed by atoms with van der Waals surface area (Å²) in [6.45, 7) is 0.274. The van der Waals surface area contributed by atoms with Gasteiger partial charge < -0.3 is 24.4 Å². The van der Waals surface area contributed by atoms with E-state index in [-0.39, 0.29) is 25.2 Å². The SMILES string of the molecule is CNC(=O)[C@@H]1CN(C(=O)c2ccc3c(c2)OCO3)c2ccccc2O1. The molecular weight excluding hydrogens is 324 g/mol. The van der Waals surface area contributed by atoms with Crippen molar-refractivity contribution in [2.75, 3.05) is 25.3 Å². The zero-order valence-corrected chi connectivity index (χ0v) is 13.5. The number of likely N-dealkylation sites (N-methyl/N-ethyl adjacent to an activating group) is 1. The second-order valence-electron chi connectivity index (χ2n) is 5.67. The molecule has 0 aliphatic carbocycles. The van der Waals surface area contributed by atoms with E-state index >= 15 is 0 Å². The van der Waals surface area contributed by atoms with Gasteiger partial charge in [0.15, 0.2) is 17.6 Å². The van der Waals surface area contributed by atoms with E-state index in [9.17, 15) is 9.59 Å². The summed E-state index contributed by atoms with van der Waals surface area (Å²) in [6.07, 6.45) is -0.766. The van der Waals surface area contributed by atoms with E-state index in [1.807, 2.05) is 6.07 Å². The molecule has 0 saturated heterocycles. The third kappa shape index (κ3) is 2.63. The van der Waals surface area contributed by atoms with Gasteiger partial charge in [-0.05, 0) is 30.3 Å². The Morgan fingerprint density at radius 2 is 1.88 bits per heavy atom. The van der Waals surface area contributed by atoms with Crippen molar-refractivity contribution in [3.8, 4) is 17.2 Å². The number of benzene rings is 2. The first kappa shape index (κ1) is 15.3. The normalized spacial score (nSPS) is 17.5. The molecule has 1 N–H and O–H groups in total. The van der Waals surface area contributed by atoms with Crippen LogP contribution < -0.4 is 24.4 Å². The standard InChI is InChI=1S/C18H16N2O5/c1-19-17(21)16-9-20(12-4-2-3-5-13(12)25-16)18(22)11-6-7-14-15(8-11)24-10-23-14/h2-8,16H,9-10H2,1H3,(H,19,21)/t16-/m0/s1. The Labute approximate surface area is 144 Å². The molecule has 2 aliphatic rings. The highest BCUT2D eigenvalue weighted by Crippen LogP contribution is 2.36. The van der Waals surface area contributed by atoms with E-state index in [0.29, 0.717) is 28.5 Å². The second kappa shape index (κ2) is 6.01. The third-order valence-corrected chi connectivity index (χ3v) is 4.18. The number of fused-ring (bicyclic) bond motifs is 2. The highest BCUT2D eigenvalue weighted by atomic mass is 16.7. The maximum atomic E-state index is 13.1. The molecule has 0 saturated carbocycles. The Kier molecular flexibility index (Phi) is 3.68. The number of carbonyl (C=O) groups is 2. The maximum Gasteiger partial charge on any atom is 0.262 e. The minimum atomic E-state index is -0.766. The molecule has 2 amide bonds. The number of nitrogens with zero attached hydrogens (tertiary/aromatic N) is 1. The molecule has 2 aromatic carbocycles. The van der Waals surface area contributed by atoms with Crippen molar-refractivity contribution in [3.63, 3.8) is 0 Å². The predicted octanol–water partition coefficient (Wildman–Crippen LogP) is 1.57. The number of para-hydroxylation sites is 2. The third-order valence-electron chi connectivity index (χ3n) is 4.18. The van der Waals surface area contributed by atoms with Gasteiger partial charge in [-0.15, -0.1) is 0 Å². The van der Waals surface area contributed by atoms with Gasteiger partial charge in [0.25, 0.3) is 11.8 Å². The lowest BCUT2D eigenvalue weighted by Gasteiger charge is -2.34. The van der Waals surface area contributed by atoms with Gasteiger partial charge in [0, 0.05) is 12.6 Å². The lowest BCUT2D eigenvalue weighted by Crippen LogP contribution is -2.50. The molecule has 0 radical (unpaired) electrons. The summed E-state index contributed by atoms with van der Waals surface area (Å²) in [6, 6.07) is 12.2. The summed E-state index contributed by atoms with van der Waals surface area (Å²) < 4.78 is 16.3. The van der Waals surface area contributed by atoms with E-state index in [2.05, 4.69) is 5.32 Å². The molecule has 2 aliphatic heterocycles. The van der Waals surface area contributed by atoms with Crippen molar-refractivity contribution in [3.05, 3.63) is 48.0 Å². The highest BCUT2D eigenvalue weighted by Gasteiger charge is 2.34. The van der Waals surface area contributed by atoms with Crippen molar-refractivity contribution < 1.29 is 23.8 Å². The molecule has 25 heavy (non-hydrogen) atoms. The quantitative estimate of drug-likeness (QED) is 0.898. The number of carbonyl (C=O) groups excluding carboxylic acids is 2. The molecule has 4 rings (SSSR count). The van der Waals surface area contributed by atoms with Gasteiger partial charge in [-0.25, -0.2) is 0 Å². The summed E-state index contributed by atoms with van der Waals surface area (Å²) >= 11 is 0. The minimum absolute atomic E-state index is 0.129. The summed E-state index contributed by atoms with van der Waals surface area (Å²) in [4.78, 5) is 26.6. The van der Waals surface area contributed by atoms with Crippen LogP contribution in [0.4, 0.5) is 5.69 Å². The fraction of sp³-hybridized carbons (Fsp3) is 0.222.